The molecule has 0 aromatic rings. The van der Waals surface area contributed by atoms with Crippen LogP contribution in [-0.2, 0) is 4.79 Å². The van der Waals surface area contributed by atoms with E-state index in [2.05, 4.69) is 17.6 Å². The van der Waals surface area contributed by atoms with E-state index in [9.17, 15) is 9.59 Å². The van der Waals surface area contributed by atoms with Crippen molar-refractivity contribution in [1.29, 1.82) is 0 Å². The predicted octanol–water partition coefficient (Wildman–Crippen LogP) is 1.73. The van der Waals surface area contributed by atoms with Crippen LogP contribution in [0.15, 0.2) is 0 Å². The quantitative estimate of drug-likeness (QED) is 0.663. The molecule has 0 bridgehead atoms. The van der Waals surface area contributed by atoms with Crippen molar-refractivity contribution in [1.82, 2.24) is 10.6 Å². The number of amides is 2. The third-order valence-corrected chi connectivity index (χ3v) is 3.10. The van der Waals surface area contributed by atoms with Gasteiger partial charge in [0.05, 0.1) is 6.42 Å². The van der Waals surface area contributed by atoms with Gasteiger partial charge in [-0.3, -0.25) is 4.79 Å². The molecule has 0 aliphatic heterocycles. The molecule has 0 spiro atoms. The molecule has 1 fully saturated rings. The van der Waals surface area contributed by atoms with Gasteiger partial charge in [0.25, 0.3) is 0 Å². The van der Waals surface area contributed by atoms with Crippen LogP contribution < -0.4 is 10.6 Å². The maximum absolute atomic E-state index is 11.6. The van der Waals surface area contributed by atoms with Crippen molar-refractivity contribution in [2.45, 2.75) is 58.0 Å². The number of carbonyl (C=O) groups excluding carboxylic acids is 1. The summed E-state index contributed by atoms with van der Waals surface area (Å²) >= 11 is 0. The molecule has 1 atom stereocenters. The normalized spacial score (nSPS) is 24.6. The molecule has 1 aliphatic carbocycles. The second-order valence-electron chi connectivity index (χ2n) is 4.97. The molecule has 0 heterocycles. The SMILES string of the molecule is CCCC(CC(=O)O)NC(=O)NC1CC(C)C1. The maximum atomic E-state index is 11.6. The Hall–Kier alpha value is -1.26. The van der Waals surface area contributed by atoms with Crippen LogP contribution in [0.3, 0.4) is 0 Å². The van der Waals surface area contributed by atoms with Crippen molar-refractivity contribution in [3.63, 3.8) is 0 Å². The second-order valence-corrected chi connectivity index (χ2v) is 4.97. The molecule has 98 valence electrons. The fourth-order valence-corrected chi connectivity index (χ4v) is 2.22. The summed E-state index contributed by atoms with van der Waals surface area (Å²) in [6.07, 6.45) is 3.58. The summed E-state index contributed by atoms with van der Waals surface area (Å²) in [6.45, 7) is 4.13. The van der Waals surface area contributed by atoms with Crippen LogP contribution in [0.2, 0.25) is 0 Å². The Labute approximate surface area is 102 Å². The van der Waals surface area contributed by atoms with Crippen molar-refractivity contribution < 1.29 is 14.7 Å². The summed E-state index contributed by atoms with van der Waals surface area (Å²) in [5.41, 5.74) is 0. The van der Waals surface area contributed by atoms with E-state index in [4.69, 9.17) is 5.11 Å². The first kappa shape index (κ1) is 13.8. The van der Waals surface area contributed by atoms with E-state index >= 15 is 0 Å². The molecule has 3 N–H and O–H groups in total. The summed E-state index contributed by atoms with van der Waals surface area (Å²) < 4.78 is 0. The molecule has 0 aromatic heterocycles. The highest BCUT2D eigenvalue weighted by atomic mass is 16.4. The zero-order chi connectivity index (χ0) is 12.8. The van der Waals surface area contributed by atoms with E-state index in [0.717, 1.165) is 19.3 Å². The van der Waals surface area contributed by atoms with Gasteiger partial charge in [-0.15, -0.1) is 0 Å². The lowest BCUT2D eigenvalue weighted by molar-refractivity contribution is -0.137. The summed E-state index contributed by atoms with van der Waals surface area (Å²) in [5, 5.41) is 14.3. The van der Waals surface area contributed by atoms with Gasteiger partial charge in [-0.2, -0.15) is 0 Å². The zero-order valence-corrected chi connectivity index (χ0v) is 10.5. The van der Waals surface area contributed by atoms with Crippen LogP contribution in [0.25, 0.3) is 0 Å². The lowest BCUT2D eigenvalue weighted by Crippen LogP contribution is -2.50. The van der Waals surface area contributed by atoms with Crippen LogP contribution in [0.1, 0.15) is 46.0 Å². The molecule has 1 unspecified atom stereocenters. The van der Waals surface area contributed by atoms with Crippen LogP contribution >= 0.6 is 0 Å². The summed E-state index contributed by atoms with van der Waals surface area (Å²) in [5.74, 6) is -0.188. The van der Waals surface area contributed by atoms with E-state index in [-0.39, 0.29) is 24.5 Å². The fraction of sp³-hybridized carbons (Fsp3) is 0.833. The molecule has 1 aliphatic rings. The number of rotatable bonds is 6. The van der Waals surface area contributed by atoms with Crippen molar-refractivity contribution in [3.05, 3.63) is 0 Å². The van der Waals surface area contributed by atoms with Crippen molar-refractivity contribution in [2.75, 3.05) is 0 Å². The highest BCUT2D eigenvalue weighted by Crippen LogP contribution is 2.26. The molecular weight excluding hydrogens is 220 g/mol. The number of urea groups is 1. The smallest absolute Gasteiger partial charge is 0.315 e. The third-order valence-electron chi connectivity index (χ3n) is 3.10. The Balaban J connectivity index is 2.27. The largest absolute Gasteiger partial charge is 0.481 e. The Bertz CT molecular complexity index is 275. The molecule has 17 heavy (non-hydrogen) atoms. The second kappa shape index (κ2) is 6.47. The van der Waals surface area contributed by atoms with E-state index < -0.39 is 5.97 Å². The van der Waals surface area contributed by atoms with Crippen LogP contribution in [-0.4, -0.2) is 29.2 Å². The minimum Gasteiger partial charge on any atom is -0.481 e. The zero-order valence-electron chi connectivity index (χ0n) is 10.5. The Morgan fingerprint density at radius 1 is 1.41 bits per heavy atom. The van der Waals surface area contributed by atoms with E-state index in [0.29, 0.717) is 12.3 Å². The van der Waals surface area contributed by atoms with Gasteiger partial charge in [0.1, 0.15) is 0 Å². The van der Waals surface area contributed by atoms with Crippen molar-refractivity contribution in [2.24, 2.45) is 5.92 Å². The number of hydrogen-bond acceptors (Lipinski definition) is 2. The molecule has 0 aromatic carbocycles. The van der Waals surface area contributed by atoms with Crippen LogP contribution in [0, 0.1) is 5.92 Å². The summed E-state index contributed by atoms with van der Waals surface area (Å²) in [7, 11) is 0. The van der Waals surface area contributed by atoms with Gasteiger partial charge in [0.15, 0.2) is 0 Å². The van der Waals surface area contributed by atoms with Crippen molar-refractivity contribution in [3.8, 4) is 0 Å². The average molecular weight is 242 g/mol. The van der Waals surface area contributed by atoms with Crippen molar-refractivity contribution >= 4 is 12.0 Å². The average Bonchev–Trinajstić information content (AvgIpc) is 2.14. The number of hydrogen-bond donors (Lipinski definition) is 3. The lowest BCUT2D eigenvalue weighted by Gasteiger charge is -2.33. The molecule has 0 radical (unpaired) electrons. The molecule has 1 saturated carbocycles. The van der Waals surface area contributed by atoms with Gasteiger partial charge in [0, 0.05) is 12.1 Å². The number of carbonyl (C=O) groups is 2. The lowest BCUT2D eigenvalue weighted by atomic mass is 9.82. The number of aliphatic carboxylic acids is 1. The fourth-order valence-electron chi connectivity index (χ4n) is 2.22. The first-order chi connectivity index (χ1) is 8.01. The predicted molar refractivity (Wildman–Crippen MR) is 64.8 cm³/mol. The minimum atomic E-state index is -0.874. The molecule has 5 heteroatoms. The minimum absolute atomic E-state index is 0.0116. The van der Waals surface area contributed by atoms with E-state index in [1.54, 1.807) is 0 Å². The van der Waals surface area contributed by atoms with Gasteiger partial charge in [0.2, 0.25) is 0 Å². The first-order valence-corrected chi connectivity index (χ1v) is 6.30. The van der Waals surface area contributed by atoms with Gasteiger partial charge < -0.3 is 15.7 Å². The third kappa shape index (κ3) is 5.06. The van der Waals surface area contributed by atoms with Gasteiger partial charge in [-0.1, -0.05) is 20.3 Å². The maximum Gasteiger partial charge on any atom is 0.315 e. The molecule has 2 amide bonds. The number of nitrogens with one attached hydrogen (secondary N) is 2. The Morgan fingerprint density at radius 3 is 2.53 bits per heavy atom. The molecule has 5 nitrogen and oxygen atoms in total. The highest BCUT2D eigenvalue weighted by Gasteiger charge is 2.27. The number of carboxylic acid groups (broad SMARTS) is 1. The van der Waals surface area contributed by atoms with Gasteiger partial charge in [-0.05, 0) is 25.2 Å². The summed E-state index contributed by atoms with van der Waals surface area (Å²) in [4.78, 5) is 22.2. The Morgan fingerprint density at radius 2 is 2.06 bits per heavy atom. The standard InChI is InChI=1S/C12H22N2O3/c1-3-4-9(7-11(15)16)13-12(17)14-10-5-8(2)6-10/h8-10H,3-7H2,1-2H3,(H,15,16)(H2,13,14,17). The van der Waals surface area contributed by atoms with Crippen LogP contribution in [0.5, 0.6) is 0 Å². The highest BCUT2D eigenvalue weighted by molar-refractivity contribution is 5.76. The van der Waals surface area contributed by atoms with E-state index in [1.165, 1.54) is 0 Å². The molecule has 0 saturated heterocycles. The van der Waals surface area contributed by atoms with E-state index in [1.807, 2.05) is 6.92 Å². The topological polar surface area (TPSA) is 78.4 Å². The van der Waals surface area contributed by atoms with Gasteiger partial charge in [-0.25, -0.2) is 4.79 Å². The monoisotopic (exact) mass is 242 g/mol. The molecular formula is C12H22N2O3. The first-order valence-electron chi connectivity index (χ1n) is 6.30. The summed E-state index contributed by atoms with van der Waals surface area (Å²) in [6, 6.07) is -0.242. The van der Waals surface area contributed by atoms with Gasteiger partial charge >= 0.3 is 12.0 Å². The van der Waals surface area contributed by atoms with Crippen LogP contribution in [0.4, 0.5) is 4.79 Å². The molecule has 1 rings (SSSR count). The Kier molecular flexibility index (Phi) is 5.25. The number of carboxylic acids is 1.